The van der Waals surface area contributed by atoms with Crippen molar-refractivity contribution in [3.63, 3.8) is 0 Å². The van der Waals surface area contributed by atoms with E-state index in [0.29, 0.717) is 17.0 Å². The summed E-state index contributed by atoms with van der Waals surface area (Å²) in [6.07, 6.45) is 0. The summed E-state index contributed by atoms with van der Waals surface area (Å²) in [6.45, 7) is 7.51. The lowest BCUT2D eigenvalue weighted by Crippen LogP contribution is -2.49. The number of hydrogen-bond acceptors (Lipinski definition) is 7. The quantitative estimate of drug-likeness (QED) is 0.459. The first-order valence-corrected chi connectivity index (χ1v) is 11.6. The summed E-state index contributed by atoms with van der Waals surface area (Å²) in [7, 11) is 1.53. The maximum absolute atomic E-state index is 14.0. The predicted molar refractivity (Wildman–Crippen MR) is 137 cm³/mol. The third kappa shape index (κ3) is 5.78. The maximum Gasteiger partial charge on any atom is 0.273 e. The Labute approximate surface area is 208 Å². The zero-order chi connectivity index (χ0) is 25.9. The number of nitrogens with one attached hydrogen (secondary N) is 1. The molecule has 0 aliphatic heterocycles. The normalized spacial score (nSPS) is 12.0. The average molecular weight is 496 g/mol. The first-order chi connectivity index (χ1) is 16.4. The molecule has 1 atom stereocenters. The van der Waals surface area contributed by atoms with E-state index in [1.165, 1.54) is 12.0 Å². The molecule has 3 rings (SSSR count). The second-order valence-electron chi connectivity index (χ2n) is 9.06. The molecule has 10 heteroatoms. The van der Waals surface area contributed by atoms with Crippen LogP contribution in [0.4, 0.5) is 11.4 Å². The van der Waals surface area contributed by atoms with Crippen LogP contribution in [0.5, 0.6) is 5.75 Å². The second-order valence-corrected chi connectivity index (χ2v) is 9.84. The number of carbonyl (C=O) groups is 3. The Bertz CT molecular complexity index is 1230. The van der Waals surface area contributed by atoms with Crippen molar-refractivity contribution in [1.29, 1.82) is 0 Å². The summed E-state index contributed by atoms with van der Waals surface area (Å²) >= 11 is 0.760. The van der Waals surface area contributed by atoms with Gasteiger partial charge in [-0.1, -0.05) is 29.8 Å². The highest BCUT2D eigenvalue weighted by Gasteiger charge is 2.37. The number of primary amides is 1. The van der Waals surface area contributed by atoms with Gasteiger partial charge >= 0.3 is 0 Å². The number of anilines is 2. The first-order valence-electron chi connectivity index (χ1n) is 10.8. The number of nitrogen functional groups attached to an aromatic ring is 1. The standard InChI is InChI=1S/C25H29N5O4S/c1-14-6-8-15(9-7-14)20(23(32)28-25(2,3)4)30(16-10-12-17(34-5)13-11-16)24(33)21-18(26)19(22(27)31)29-35-21/h6-13,20H,26H2,1-5H3,(H2,27,31)(H,28,32). The van der Waals surface area contributed by atoms with Crippen LogP contribution in [0.25, 0.3) is 0 Å². The molecule has 0 aliphatic carbocycles. The Morgan fingerprint density at radius 1 is 1.06 bits per heavy atom. The molecule has 1 heterocycles. The van der Waals surface area contributed by atoms with E-state index in [9.17, 15) is 14.4 Å². The number of hydrogen-bond donors (Lipinski definition) is 3. The van der Waals surface area contributed by atoms with Gasteiger partial charge in [-0.25, -0.2) is 0 Å². The van der Waals surface area contributed by atoms with Crippen molar-refractivity contribution in [2.45, 2.75) is 39.3 Å². The molecule has 3 amide bonds. The molecule has 0 fully saturated rings. The van der Waals surface area contributed by atoms with E-state index in [2.05, 4.69) is 9.69 Å². The van der Waals surface area contributed by atoms with Gasteiger partial charge in [0.05, 0.1) is 12.8 Å². The summed E-state index contributed by atoms with van der Waals surface area (Å²) in [5, 5.41) is 2.97. The van der Waals surface area contributed by atoms with Gasteiger partial charge in [-0.2, -0.15) is 4.37 Å². The second kappa shape index (κ2) is 10.1. The number of amides is 3. The molecule has 5 N–H and O–H groups in total. The van der Waals surface area contributed by atoms with Gasteiger partial charge in [-0.3, -0.25) is 19.3 Å². The van der Waals surface area contributed by atoms with Crippen molar-refractivity contribution in [3.05, 3.63) is 70.2 Å². The van der Waals surface area contributed by atoms with Crippen molar-refractivity contribution in [2.24, 2.45) is 5.73 Å². The Morgan fingerprint density at radius 3 is 2.14 bits per heavy atom. The van der Waals surface area contributed by atoms with Crippen LogP contribution in [-0.2, 0) is 4.79 Å². The number of rotatable bonds is 7. The van der Waals surface area contributed by atoms with E-state index >= 15 is 0 Å². The van der Waals surface area contributed by atoms with Gasteiger partial charge in [0.25, 0.3) is 11.8 Å². The van der Waals surface area contributed by atoms with E-state index in [4.69, 9.17) is 16.2 Å². The largest absolute Gasteiger partial charge is 0.497 e. The van der Waals surface area contributed by atoms with Crippen molar-refractivity contribution >= 4 is 40.6 Å². The molecule has 1 aromatic heterocycles. The molecule has 0 saturated carbocycles. The lowest BCUT2D eigenvalue weighted by Gasteiger charge is -2.33. The van der Waals surface area contributed by atoms with E-state index in [1.54, 1.807) is 36.4 Å². The van der Waals surface area contributed by atoms with Crippen LogP contribution >= 0.6 is 11.5 Å². The van der Waals surface area contributed by atoms with E-state index in [0.717, 1.165) is 17.1 Å². The van der Waals surface area contributed by atoms with Crippen LogP contribution in [0.1, 0.15) is 58.1 Å². The van der Waals surface area contributed by atoms with Gasteiger partial charge in [-0.15, -0.1) is 0 Å². The highest BCUT2D eigenvalue weighted by molar-refractivity contribution is 7.09. The summed E-state index contributed by atoms with van der Waals surface area (Å²) in [4.78, 5) is 40.7. The third-order valence-corrected chi connectivity index (χ3v) is 5.97. The maximum atomic E-state index is 14.0. The molecule has 0 radical (unpaired) electrons. The summed E-state index contributed by atoms with van der Waals surface area (Å²) in [6, 6.07) is 13.0. The molecular formula is C25H29N5O4S. The van der Waals surface area contributed by atoms with Gasteiger partial charge in [0.1, 0.15) is 16.7 Å². The van der Waals surface area contributed by atoms with Crippen LogP contribution in [0.2, 0.25) is 0 Å². The monoisotopic (exact) mass is 495 g/mol. The highest BCUT2D eigenvalue weighted by atomic mass is 32.1. The Morgan fingerprint density at radius 2 is 1.66 bits per heavy atom. The lowest BCUT2D eigenvalue weighted by molar-refractivity contribution is -0.123. The van der Waals surface area contributed by atoms with Crippen LogP contribution in [0.15, 0.2) is 48.5 Å². The van der Waals surface area contributed by atoms with Gasteiger partial charge < -0.3 is 21.5 Å². The fraction of sp³-hybridized carbons (Fsp3) is 0.280. The Kier molecular flexibility index (Phi) is 7.45. The van der Waals surface area contributed by atoms with E-state index < -0.39 is 23.4 Å². The van der Waals surface area contributed by atoms with Gasteiger partial charge in [-0.05, 0) is 69.1 Å². The number of aryl methyl sites for hydroxylation is 1. The summed E-state index contributed by atoms with van der Waals surface area (Å²) in [5.74, 6) is -1.23. The zero-order valence-corrected chi connectivity index (χ0v) is 21.1. The van der Waals surface area contributed by atoms with E-state index in [-0.39, 0.29) is 22.2 Å². The molecule has 0 spiro atoms. The minimum Gasteiger partial charge on any atom is -0.497 e. The molecule has 0 saturated heterocycles. The van der Waals surface area contributed by atoms with Crippen LogP contribution in [0.3, 0.4) is 0 Å². The van der Waals surface area contributed by atoms with Crippen LogP contribution in [0, 0.1) is 6.92 Å². The summed E-state index contributed by atoms with van der Waals surface area (Å²) in [5.41, 5.74) is 12.6. The van der Waals surface area contributed by atoms with Gasteiger partial charge in [0.2, 0.25) is 5.91 Å². The molecule has 0 bridgehead atoms. The van der Waals surface area contributed by atoms with Crippen molar-refractivity contribution < 1.29 is 19.1 Å². The number of ether oxygens (including phenoxy) is 1. The lowest BCUT2D eigenvalue weighted by atomic mass is 9.99. The van der Waals surface area contributed by atoms with Crippen LogP contribution < -0.4 is 26.4 Å². The number of nitrogens with zero attached hydrogens (tertiary/aromatic N) is 2. The third-order valence-electron chi connectivity index (χ3n) is 5.12. The SMILES string of the molecule is COc1ccc(N(C(=O)c2snc(C(N)=O)c2N)C(C(=O)NC(C)(C)C)c2ccc(C)cc2)cc1. The van der Waals surface area contributed by atoms with Crippen molar-refractivity contribution in [1.82, 2.24) is 9.69 Å². The van der Waals surface area contributed by atoms with Crippen molar-refractivity contribution in [3.8, 4) is 5.75 Å². The number of carbonyl (C=O) groups excluding carboxylic acids is 3. The fourth-order valence-electron chi connectivity index (χ4n) is 3.47. The Balaban J connectivity index is 2.23. The molecule has 3 aromatic rings. The molecule has 184 valence electrons. The molecule has 1 unspecified atom stereocenters. The zero-order valence-electron chi connectivity index (χ0n) is 20.3. The van der Waals surface area contributed by atoms with Gasteiger partial charge in [0.15, 0.2) is 5.69 Å². The molecule has 9 nitrogen and oxygen atoms in total. The number of nitrogens with two attached hydrogens (primary N) is 2. The molecule has 35 heavy (non-hydrogen) atoms. The minimum absolute atomic E-state index is 0.00953. The van der Waals surface area contributed by atoms with Crippen LogP contribution in [-0.4, -0.2) is 34.7 Å². The predicted octanol–water partition coefficient (Wildman–Crippen LogP) is 3.44. The first kappa shape index (κ1) is 25.7. The number of aromatic nitrogens is 1. The van der Waals surface area contributed by atoms with Crippen molar-refractivity contribution in [2.75, 3.05) is 17.7 Å². The summed E-state index contributed by atoms with van der Waals surface area (Å²) < 4.78 is 9.21. The molecule has 0 aliphatic rings. The van der Waals surface area contributed by atoms with Gasteiger partial charge in [0, 0.05) is 11.2 Å². The van der Waals surface area contributed by atoms with E-state index in [1.807, 2.05) is 39.8 Å². The number of benzene rings is 2. The topological polar surface area (TPSA) is 141 Å². The molecular weight excluding hydrogens is 466 g/mol. The number of methoxy groups -OCH3 is 1. The molecule has 2 aromatic carbocycles. The highest BCUT2D eigenvalue weighted by Crippen LogP contribution is 2.34. The minimum atomic E-state index is -1.05. The fourth-order valence-corrected chi connectivity index (χ4v) is 4.21. The Hall–Kier alpha value is -3.92. The average Bonchev–Trinajstić information content (AvgIpc) is 3.18. The smallest absolute Gasteiger partial charge is 0.273 e.